The fourth-order valence-electron chi connectivity index (χ4n) is 2.30. The quantitative estimate of drug-likeness (QED) is 0.817. The Kier molecular flexibility index (Phi) is 4.02. The molecule has 0 amide bonds. The van der Waals surface area contributed by atoms with Gasteiger partial charge in [-0.3, -0.25) is 0 Å². The standard InChI is InChI=1S/C14H21NO2/c1-10(15-12-8-13(16)9-12)7-11-3-5-14(17-2)6-4-11/h3-6,10,12-13,15-16H,7-9H2,1-2H3. The Morgan fingerprint density at radius 2 is 2.00 bits per heavy atom. The Labute approximate surface area is 103 Å². The van der Waals surface area contributed by atoms with Crippen molar-refractivity contribution in [3.8, 4) is 5.75 Å². The molecular formula is C14H21NO2. The van der Waals surface area contributed by atoms with Crippen molar-refractivity contribution >= 4 is 0 Å². The molecule has 3 nitrogen and oxygen atoms in total. The molecule has 0 aliphatic heterocycles. The minimum Gasteiger partial charge on any atom is -0.497 e. The van der Waals surface area contributed by atoms with Crippen LogP contribution in [0.25, 0.3) is 0 Å². The van der Waals surface area contributed by atoms with Crippen molar-refractivity contribution in [3.63, 3.8) is 0 Å². The first-order chi connectivity index (χ1) is 8.17. The Morgan fingerprint density at radius 1 is 1.35 bits per heavy atom. The van der Waals surface area contributed by atoms with E-state index < -0.39 is 0 Å². The molecule has 0 bridgehead atoms. The van der Waals surface area contributed by atoms with Gasteiger partial charge in [0.25, 0.3) is 0 Å². The lowest BCUT2D eigenvalue weighted by atomic mass is 9.88. The molecule has 1 aromatic carbocycles. The number of methoxy groups -OCH3 is 1. The van der Waals surface area contributed by atoms with Crippen molar-refractivity contribution in [1.29, 1.82) is 0 Å². The third-order valence-corrected chi connectivity index (χ3v) is 3.33. The van der Waals surface area contributed by atoms with E-state index in [2.05, 4.69) is 24.4 Å². The second-order valence-corrected chi connectivity index (χ2v) is 4.94. The fraction of sp³-hybridized carbons (Fsp3) is 0.571. The molecule has 1 saturated carbocycles. The highest BCUT2D eigenvalue weighted by atomic mass is 16.5. The average Bonchev–Trinajstić information content (AvgIpc) is 2.28. The second kappa shape index (κ2) is 5.52. The van der Waals surface area contributed by atoms with Gasteiger partial charge < -0.3 is 15.2 Å². The van der Waals surface area contributed by atoms with Crippen LogP contribution in [0.1, 0.15) is 25.3 Å². The van der Waals surface area contributed by atoms with Crippen LogP contribution >= 0.6 is 0 Å². The highest BCUT2D eigenvalue weighted by Gasteiger charge is 2.27. The Bertz CT molecular complexity index is 344. The zero-order chi connectivity index (χ0) is 12.3. The first-order valence-corrected chi connectivity index (χ1v) is 6.24. The summed E-state index contributed by atoms with van der Waals surface area (Å²) in [5.74, 6) is 0.900. The van der Waals surface area contributed by atoms with Crippen LogP contribution in [0.3, 0.4) is 0 Å². The van der Waals surface area contributed by atoms with Crippen molar-refractivity contribution in [2.24, 2.45) is 0 Å². The van der Waals surface area contributed by atoms with Gasteiger partial charge in [0.05, 0.1) is 13.2 Å². The number of hydrogen-bond acceptors (Lipinski definition) is 3. The lowest BCUT2D eigenvalue weighted by Gasteiger charge is -2.34. The number of rotatable bonds is 5. The van der Waals surface area contributed by atoms with Gasteiger partial charge in [0, 0.05) is 12.1 Å². The predicted molar refractivity (Wildman–Crippen MR) is 68.3 cm³/mol. The van der Waals surface area contributed by atoms with Crippen molar-refractivity contribution in [1.82, 2.24) is 5.32 Å². The minimum absolute atomic E-state index is 0.0827. The third kappa shape index (κ3) is 3.45. The van der Waals surface area contributed by atoms with Gasteiger partial charge in [0.2, 0.25) is 0 Å². The molecule has 0 heterocycles. The number of ether oxygens (including phenoxy) is 1. The molecule has 1 unspecified atom stereocenters. The van der Waals surface area contributed by atoms with E-state index in [4.69, 9.17) is 4.74 Å². The third-order valence-electron chi connectivity index (χ3n) is 3.33. The summed E-state index contributed by atoms with van der Waals surface area (Å²) < 4.78 is 5.13. The topological polar surface area (TPSA) is 41.5 Å². The summed E-state index contributed by atoms with van der Waals surface area (Å²) in [6.45, 7) is 2.19. The maximum atomic E-state index is 9.22. The Balaban J connectivity index is 1.78. The van der Waals surface area contributed by atoms with Gasteiger partial charge in [-0.2, -0.15) is 0 Å². The molecule has 0 saturated heterocycles. The van der Waals surface area contributed by atoms with Crippen LogP contribution in [-0.2, 0) is 6.42 Å². The number of benzene rings is 1. The highest BCUT2D eigenvalue weighted by Crippen LogP contribution is 2.20. The molecule has 0 spiro atoms. The smallest absolute Gasteiger partial charge is 0.118 e. The summed E-state index contributed by atoms with van der Waals surface area (Å²) in [4.78, 5) is 0. The molecule has 1 aromatic rings. The van der Waals surface area contributed by atoms with Crippen LogP contribution in [0.15, 0.2) is 24.3 Å². The Hall–Kier alpha value is -1.06. The molecule has 17 heavy (non-hydrogen) atoms. The van der Waals surface area contributed by atoms with E-state index in [-0.39, 0.29) is 6.10 Å². The first kappa shape index (κ1) is 12.4. The zero-order valence-electron chi connectivity index (χ0n) is 10.5. The maximum absolute atomic E-state index is 9.22. The second-order valence-electron chi connectivity index (χ2n) is 4.94. The van der Waals surface area contributed by atoms with Crippen LogP contribution < -0.4 is 10.1 Å². The molecule has 2 rings (SSSR count). The summed E-state index contributed by atoms with van der Waals surface area (Å²) in [5.41, 5.74) is 1.31. The van der Waals surface area contributed by atoms with Crippen molar-refractivity contribution in [2.75, 3.05) is 7.11 Å². The van der Waals surface area contributed by atoms with E-state index in [0.717, 1.165) is 25.0 Å². The SMILES string of the molecule is COc1ccc(CC(C)NC2CC(O)C2)cc1. The number of hydrogen-bond donors (Lipinski definition) is 2. The number of nitrogens with one attached hydrogen (secondary N) is 1. The van der Waals surface area contributed by atoms with E-state index in [1.165, 1.54) is 5.56 Å². The van der Waals surface area contributed by atoms with Gasteiger partial charge in [-0.05, 0) is 43.9 Å². The number of aliphatic hydroxyl groups excluding tert-OH is 1. The molecule has 0 aromatic heterocycles. The average molecular weight is 235 g/mol. The fourth-order valence-corrected chi connectivity index (χ4v) is 2.30. The molecular weight excluding hydrogens is 214 g/mol. The van der Waals surface area contributed by atoms with Crippen LogP contribution in [0.5, 0.6) is 5.75 Å². The van der Waals surface area contributed by atoms with E-state index in [1.54, 1.807) is 7.11 Å². The number of aliphatic hydroxyl groups is 1. The van der Waals surface area contributed by atoms with Crippen LogP contribution in [-0.4, -0.2) is 30.4 Å². The van der Waals surface area contributed by atoms with Crippen LogP contribution in [0.4, 0.5) is 0 Å². The van der Waals surface area contributed by atoms with Gasteiger partial charge in [0.15, 0.2) is 0 Å². The van der Waals surface area contributed by atoms with Crippen LogP contribution in [0.2, 0.25) is 0 Å². The minimum atomic E-state index is -0.0827. The van der Waals surface area contributed by atoms with Gasteiger partial charge in [0.1, 0.15) is 5.75 Å². The molecule has 3 heteroatoms. The Morgan fingerprint density at radius 3 is 2.53 bits per heavy atom. The normalized spacial score (nSPS) is 25.1. The molecule has 1 atom stereocenters. The van der Waals surface area contributed by atoms with Crippen LogP contribution in [0, 0.1) is 0 Å². The van der Waals surface area contributed by atoms with Crippen molar-refractivity contribution in [2.45, 2.75) is 44.4 Å². The lowest BCUT2D eigenvalue weighted by molar-refractivity contribution is 0.0586. The van der Waals surface area contributed by atoms with Crippen molar-refractivity contribution in [3.05, 3.63) is 29.8 Å². The van der Waals surface area contributed by atoms with E-state index in [9.17, 15) is 5.11 Å². The van der Waals surface area contributed by atoms with E-state index in [0.29, 0.717) is 12.1 Å². The maximum Gasteiger partial charge on any atom is 0.118 e. The molecule has 2 N–H and O–H groups in total. The van der Waals surface area contributed by atoms with E-state index in [1.807, 2.05) is 12.1 Å². The summed E-state index contributed by atoms with van der Waals surface area (Å²) in [6.07, 6.45) is 2.72. The largest absolute Gasteiger partial charge is 0.497 e. The van der Waals surface area contributed by atoms with Gasteiger partial charge >= 0.3 is 0 Å². The summed E-state index contributed by atoms with van der Waals surface area (Å²) >= 11 is 0. The van der Waals surface area contributed by atoms with Gasteiger partial charge in [-0.1, -0.05) is 12.1 Å². The molecule has 1 aliphatic carbocycles. The highest BCUT2D eigenvalue weighted by molar-refractivity contribution is 5.27. The van der Waals surface area contributed by atoms with Gasteiger partial charge in [-0.15, -0.1) is 0 Å². The lowest BCUT2D eigenvalue weighted by Crippen LogP contribution is -2.48. The summed E-state index contributed by atoms with van der Waals surface area (Å²) in [6, 6.07) is 9.14. The molecule has 1 fully saturated rings. The molecule has 1 aliphatic rings. The molecule has 94 valence electrons. The first-order valence-electron chi connectivity index (χ1n) is 6.24. The summed E-state index contributed by atoms with van der Waals surface area (Å²) in [5, 5.41) is 12.8. The van der Waals surface area contributed by atoms with E-state index >= 15 is 0 Å². The van der Waals surface area contributed by atoms with Gasteiger partial charge in [-0.25, -0.2) is 0 Å². The van der Waals surface area contributed by atoms with Crippen molar-refractivity contribution < 1.29 is 9.84 Å². The summed E-state index contributed by atoms with van der Waals surface area (Å²) in [7, 11) is 1.68. The molecule has 0 radical (unpaired) electrons. The predicted octanol–water partition coefficient (Wildman–Crippen LogP) is 1.74. The monoisotopic (exact) mass is 235 g/mol. The zero-order valence-corrected chi connectivity index (χ0v) is 10.5.